The first-order valence-electron chi connectivity index (χ1n) is 5.97. The minimum Gasteiger partial charge on any atom is -0.383 e. The van der Waals surface area contributed by atoms with Crippen LogP contribution in [0.3, 0.4) is 0 Å². The van der Waals surface area contributed by atoms with Crippen molar-refractivity contribution in [3.63, 3.8) is 0 Å². The van der Waals surface area contributed by atoms with Gasteiger partial charge in [-0.1, -0.05) is 26.8 Å². The number of benzene rings is 1. The number of nitrogen functional groups attached to an aromatic ring is 1. The van der Waals surface area contributed by atoms with Crippen molar-refractivity contribution in [2.45, 2.75) is 40.0 Å². The maximum Gasteiger partial charge on any atom is 0.127 e. The number of aryl methyl sites for hydroxylation is 2. The van der Waals surface area contributed by atoms with Gasteiger partial charge in [-0.3, -0.25) is 0 Å². The van der Waals surface area contributed by atoms with E-state index in [9.17, 15) is 0 Å². The van der Waals surface area contributed by atoms with Gasteiger partial charge in [0, 0.05) is 10.9 Å². The zero-order chi connectivity index (χ0) is 12.8. The smallest absolute Gasteiger partial charge is 0.127 e. The standard InChI is InChI=1S/C15H20N2/c1-9-6-10(2)11-8-12(15(3,4)5)14(16)17-13(11)7-9/h6-8H,1-5H3,(H2,16,17). The Kier molecular flexibility index (Phi) is 2.61. The van der Waals surface area contributed by atoms with Gasteiger partial charge in [-0.05, 0) is 42.5 Å². The Balaban J connectivity index is 2.81. The molecular formula is C15H20N2. The quantitative estimate of drug-likeness (QED) is 0.746. The number of nitrogens with zero attached hydrogens (tertiary/aromatic N) is 1. The predicted octanol–water partition coefficient (Wildman–Crippen LogP) is 3.73. The molecule has 90 valence electrons. The van der Waals surface area contributed by atoms with E-state index in [2.05, 4.69) is 57.8 Å². The van der Waals surface area contributed by atoms with Gasteiger partial charge in [0.05, 0.1) is 5.52 Å². The molecule has 2 nitrogen and oxygen atoms in total. The summed E-state index contributed by atoms with van der Waals surface area (Å²) in [4.78, 5) is 4.54. The van der Waals surface area contributed by atoms with Crippen LogP contribution in [0.15, 0.2) is 18.2 Å². The lowest BCUT2D eigenvalue weighted by atomic mass is 9.86. The van der Waals surface area contributed by atoms with Crippen molar-refractivity contribution in [2.75, 3.05) is 5.73 Å². The number of pyridine rings is 1. The number of aromatic nitrogens is 1. The highest BCUT2D eigenvalue weighted by Gasteiger charge is 2.19. The molecule has 0 spiro atoms. The van der Waals surface area contributed by atoms with Crippen LogP contribution in [0.4, 0.5) is 5.82 Å². The Hall–Kier alpha value is -1.57. The van der Waals surface area contributed by atoms with Gasteiger partial charge in [0.25, 0.3) is 0 Å². The van der Waals surface area contributed by atoms with Crippen LogP contribution in [0.5, 0.6) is 0 Å². The first-order chi connectivity index (χ1) is 7.79. The molecule has 2 rings (SSSR count). The van der Waals surface area contributed by atoms with Gasteiger partial charge < -0.3 is 5.73 Å². The van der Waals surface area contributed by atoms with Gasteiger partial charge in [-0.15, -0.1) is 0 Å². The molecule has 0 saturated heterocycles. The van der Waals surface area contributed by atoms with Crippen LogP contribution >= 0.6 is 0 Å². The molecule has 2 heteroatoms. The van der Waals surface area contributed by atoms with E-state index in [1.54, 1.807) is 0 Å². The molecule has 1 aromatic heterocycles. The fourth-order valence-electron chi connectivity index (χ4n) is 2.25. The number of anilines is 1. The lowest BCUT2D eigenvalue weighted by Gasteiger charge is -2.21. The predicted molar refractivity (Wildman–Crippen MR) is 74.3 cm³/mol. The Labute approximate surface area is 103 Å². The third kappa shape index (κ3) is 2.12. The molecule has 1 aromatic carbocycles. The molecule has 0 saturated carbocycles. The van der Waals surface area contributed by atoms with E-state index in [-0.39, 0.29) is 5.41 Å². The molecule has 0 unspecified atom stereocenters. The molecule has 0 bridgehead atoms. The van der Waals surface area contributed by atoms with E-state index in [0.717, 1.165) is 11.1 Å². The fourth-order valence-corrected chi connectivity index (χ4v) is 2.25. The van der Waals surface area contributed by atoms with E-state index in [1.807, 2.05) is 0 Å². The van der Waals surface area contributed by atoms with Gasteiger partial charge in [-0.25, -0.2) is 4.98 Å². The number of fused-ring (bicyclic) bond motifs is 1. The molecule has 0 amide bonds. The summed E-state index contributed by atoms with van der Waals surface area (Å²) in [7, 11) is 0. The summed E-state index contributed by atoms with van der Waals surface area (Å²) in [5.41, 5.74) is 10.7. The van der Waals surface area contributed by atoms with Gasteiger partial charge in [0.15, 0.2) is 0 Å². The van der Waals surface area contributed by atoms with Gasteiger partial charge >= 0.3 is 0 Å². The summed E-state index contributed by atoms with van der Waals surface area (Å²) in [6.07, 6.45) is 0. The lowest BCUT2D eigenvalue weighted by molar-refractivity contribution is 0.591. The van der Waals surface area contributed by atoms with Crippen molar-refractivity contribution < 1.29 is 0 Å². The highest BCUT2D eigenvalue weighted by atomic mass is 14.8. The van der Waals surface area contributed by atoms with E-state index in [4.69, 9.17) is 5.73 Å². The summed E-state index contributed by atoms with van der Waals surface area (Å²) in [6, 6.07) is 6.46. The number of hydrogen-bond acceptors (Lipinski definition) is 2. The minimum absolute atomic E-state index is 0.0304. The summed E-state index contributed by atoms with van der Waals surface area (Å²) >= 11 is 0. The summed E-state index contributed by atoms with van der Waals surface area (Å²) in [5.74, 6) is 0.648. The molecule has 2 N–H and O–H groups in total. The Morgan fingerprint density at radius 3 is 2.29 bits per heavy atom. The molecule has 1 heterocycles. The van der Waals surface area contributed by atoms with Crippen molar-refractivity contribution in [1.29, 1.82) is 0 Å². The zero-order valence-electron chi connectivity index (χ0n) is 11.3. The molecule has 0 aliphatic carbocycles. The van der Waals surface area contributed by atoms with Crippen LogP contribution in [-0.4, -0.2) is 4.98 Å². The zero-order valence-corrected chi connectivity index (χ0v) is 11.3. The van der Waals surface area contributed by atoms with Crippen molar-refractivity contribution in [3.8, 4) is 0 Å². The van der Waals surface area contributed by atoms with Crippen molar-refractivity contribution in [1.82, 2.24) is 4.98 Å². The van der Waals surface area contributed by atoms with Crippen LogP contribution in [-0.2, 0) is 5.41 Å². The second-order valence-electron chi connectivity index (χ2n) is 5.82. The van der Waals surface area contributed by atoms with Crippen LogP contribution in [0.1, 0.15) is 37.5 Å². The van der Waals surface area contributed by atoms with Crippen molar-refractivity contribution in [2.24, 2.45) is 0 Å². The Bertz CT molecular complexity index is 577. The van der Waals surface area contributed by atoms with E-state index in [0.29, 0.717) is 5.82 Å². The molecular weight excluding hydrogens is 208 g/mol. The van der Waals surface area contributed by atoms with Gasteiger partial charge in [0.2, 0.25) is 0 Å². The molecule has 0 atom stereocenters. The average molecular weight is 228 g/mol. The fraction of sp³-hybridized carbons (Fsp3) is 0.400. The first-order valence-corrected chi connectivity index (χ1v) is 5.97. The summed E-state index contributed by atoms with van der Waals surface area (Å²) in [5, 5.41) is 1.20. The van der Waals surface area contributed by atoms with Gasteiger partial charge in [0.1, 0.15) is 5.82 Å². The Morgan fingerprint density at radius 1 is 1.06 bits per heavy atom. The van der Waals surface area contributed by atoms with Crippen LogP contribution in [0, 0.1) is 13.8 Å². The van der Waals surface area contributed by atoms with Crippen LogP contribution in [0.25, 0.3) is 10.9 Å². The number of rotatable bonds is 0. The largest absolute Gasteiger partial charge is 0.383 e. The topological polar surface area (TPSA) is 38.9 Å². The number of hydrogen-bond donors (Lipinski definition) is 1. The average Bonchev–Trinajstić information content (AvgIpc) is 2.13. The van der Waals surface area contributed by atoms with Crippen molar-refractivity contribution >= 4 is 16.7 Å². The van der Waals surface area contributed by atoms with E-state index in [1.165, 1.54) is 16.5 Å². The normalized spacial score (nSPS) is 12.1. The third-order valence-electron chi connectivity index (χ3n) is 3.12. The van der Waals surface area contributed by atoms with Crippen LogP contribution in [0.2, 0.25) is 0 Å². The summed E-state index contributed by atoms with van der Waals surface area (Å²) < 4.78 is 0. The molecule has 0 aliphatic rings. The molecule has 0 fully saturated rings. The lowest BCUT2D eigenvalue weighted by Crippen LogP contribution is -2.15. The molecule has 2 aromatic rings. The second kappa shape index (κ2) is 3.73. The maximum absolute atomic E-state index is 6.06. The van der Waals surface area contributed by atoms with E-state index >= 15 is 0 Å². The van der Waals surface area contributed by atoms with E-state index < -0.39 is 0 Å². The third-order valence-corrected chi connectivity index (χ3v) is 3.12. The second-order valence-corrected chi connectivity index (χ2v) is 5.82. The number of nitrogens with two attached hydrogens (primary N) is 1. The molecule has 17 heavy (non-hydrogen) atoms. The molecule has 0 radical (unpaired) electrons. The maximum atomic E-state index is 6.06. The van der Waals surface area contributed by atoms with Crippen LogP contribution < -0.4 is 5.73 Å². The minimum atomic E-state index is 0.0304. The highest BCUT2D eigenvalue weighted by molar-refractivity contribution is 5.85. The SMILES string of the molecule is Cc1cc(C)c2cc(C(C)(C)C)c(N)nc2c1. The summed E-state index contributed by atoms with van der Waals surface area (Å²) in [6.45, 7) is 10.7. The highest BCUT2D eigenvalue weighted by Crippen LogP contribution is 2.31. The Morgan fingerprint density at radius 2 is 1.71 bits per heavy atom. The van der Waals surface area contributed by atoms with Gasteiger partial charge in [-0.2, -0.15) is 0 Å². The monoisotopic (exact) mass is 228 g/mol. The van der Waals surface area contributed by atoms with Crippen molar-refractivity contribution in [3.05, 3.63) is 34.9 Å². The first kappa shape index (κ1) is 11.9. The molecule has 0 aliphatic heterocycles.